The highest BCUT2D eigenvalue weighted by atomic mass is 19.1. The smallest absolute Gasteiger partial charge is 0.256 e. The first-order valence-corrected chi connectivity index (χ1v) is 11.5. The van der Waals surface area contributed by atoms with Crippen LogP contribution in [0.5, 0.6) is 0 Å². The van der Waals surface area contributed by atoms with E-state index in [2.05, 4.69) is 19.9 Å². The third-order valence-corrected chi connectivity index (χ3v) is 6.49. The summed E-state index contributed by atoms with van der Waals surface area (Å²) in [4.78, 5) is 34.5. The van der Waals surface area contributed by atoms with Gasteiger partial charge in [0.25, 0.3) is 5.91 Å². The maximum atomic E-state index is 15.4. The van der Waals surface area contributed by atoms with Gasteiger partial charge in [-0.15, -0.1) is 0 Å². The lowest BCUT2D eigenvalue weighted by atomic mass is 10.00. The summed E-state index contributed by atoms with van der Waals surface area (Å²) in [6.45, 7) is 4.74. The van der Waals surface area contributed by atoms with E-state index >= 15 is 4.39 Å². The van der Waals surface area contributed by atoms with Crippen LogP contribution in [0.3, 0.4) is 0 Å². The SMILES string of the molecule is CCc1cnc(N2CCC(N(C(=O)c3ccc(-n4ccnc4C)nc3)C3CC3)C(F)C2)nc1. The van der Waals surface area contributed by atoms with Crippen molar-refractivity contribution in [3.8, 4) is 5.82 Å². The van der Waals surface area contributed by atoms with Crippen molar-refractivity contribution in [1.82, 2.24) is 29.4 Å². The van der Waals surface area contributed by atoms with Crippen LogP contribution < -0.4 is 4.90 Å². The van der Waals surface area contributed by atoms with Crippen LogP contribution in [-0.2, 0) is 6.42 Å². The van der Waals surface area contributed by atoms with E-state index in [0.29, 0.717) is 30.3 Å². The van der Waals surface area contributed by atoms with Gasteiger partial charge < -0.3 is 9.80 Å². The van der Waals surface area contributed by atoms with Crippen molar-refractivity contribution < 1.29 is 9.18 Å². The standard InChI is InChI=1S/C24H28FN7O/c1-3-17-12-28-24(29-13-17)30-10-8-21(20(25)15-30)32(19-5-6-19)23(33)18-4-7-22(27-14-18)31-11-9-26-16(31)2/h4,7,9,11-14,19-21H,3,5-6,8,10,15H2,1-2H3. The minimum atomic E-state index is -1.17. The number of nitrogens with zero attached hydrogens (tertiary/aromatic N) is 7. The van der Waals surface area contributed by atoms with E-state index in [1.165, 1.54) is 0 Å². The molecule has 3 aromatic heterocycles. The molecule has 2 unspecified atom stereocenters. The fraction of sp³-hybridized carbons (Fsp3) is 0.458. The zero-order valence-electron chi connectivity index (χ0n) is 18.9. The molecule has 0 aromatic carbocycles. The second-order valence-corrected chi connectivity index (χ2v) is 8.76. The van der Waals surface area contributed by atoms with E-state index in [0.717, 1.165) is 30.7 Å². The number of alkyl halides is 1. The minimum Gasteiger partial charge on any atom is -0.338 e. The summed E-state index contributed by atoms with van der Waals surface area (Å²) in [6, 6.07) is 3.22. The van der Waals surface area contributed by atoms with Crippen LogP contribution >= 0.6 is 0 Å². The first-order chi connectivity index (χ1) is 16.0. The molecule has 0 N–H and O–H groups in total. The van der Waals surface area contributed by atoms with Gasteiger partial charge in [-0.3, -0.25) is 9.36 Å². The van der Waals surface area contributed by atoms with E-state index in [1.54, 1.807) is 41.8 Å². The highest BCUT2D eigenvalue weighted by Crippen LogP contribution is 2.34. The number of carbonyl (C=O) groups is 1. The van der Waals surface area contributed by atoms with Crippen molar-refractivity contribution in [2.45, 2.75) is 57.8 Å². The summed E-state index contributed by atoms with van der Waals surface area (Å²) in [5.74, 6) is 1.92. The molecule has 5 rings (SSSR count). The van der Waals surface area contributed by atoms with Gasteiger partial charge in [0.1, 0.15) is 17.8 Å². The van der Waals surface area contributed by atoms with Crippen LogP contribution in [0.4, 0.5) is 10.3 Å². The molecule has 1 aliphatic heterocycles. The van der Waals surface area contributed by atoms with Crippen molar-refractivity contribution in [3.63, 3.8) is 0 Å². The van der Waals surface area contributed by atoms with Crippen LogP contribution in [0.2, 0.25) is 0 Å². The van der Waals surface area contributed by atoms with Gasteiger partial charge >= 0.3 is 0 Å². The maximum absolute atomic E-state index is 15.4. The summed E-state index contributed by atoms with van der Waals surface area (Å²) < 4.78 is 17.3. The van der Waals surface area contributed by atoms with Crippen molar-refractivity contribution >= 4 is 11.9 Å². The second-order valence-electron chi connectivity index (χ2n) is 8.76. The molecule has 1 aliphatic carbocycles. The number of rotatable bonds is 6. The Morgan fingerprint density at radius 3 is 2.48 bits per heavy atom. The quantitative estimate of drug-likeness (QED) is 0.575. The normalized spacial score (nSPS) is 20.6. The third kappa shape index (κ3) is 4.31. The summed E-state index contributed by atoms with van der Waals surface area (Å²) in [5.41, 5.74) is 1.54. The highest BCUT2D eigenvalue weighted by molar-refractivity contribution is 5.94. The molecule has 172 valence electrons. The van der Waals surface area contributed by atoms with Crippen molar-refractivity contribution in [3.05, 3.63) is 60.1 Å². The molecule has 33 heavy (non-hydrogen) atoms. The second kappa shape index (κ2) is 8.88. The van der Waals surface area contributed by atoms with Gasteiger partial charge in [-0.05, 0) is 50.3 Å². The van der Waals surface area contributed by atoms with Gasteiger partial charge in [-0.1, -0.05) is 6.92 Å². The van der Waals surface area contributed by atoms with Crippen molar-refractivity contribution in [2.75, 3.05) is 18.0 Å². The summed E-state index contributed by atoms with van der Waals surface area (Å²) in [5, 5.41) is 0. The number of anilines is 1. The molecule has 8 nitrogen and oxygen atoms in total. The number of amides is 1. The number of halogens is 1. The molecular formula is C24H28FN7O. The minimum absolute atomic E-state index is 0.1000. The van der Waals surface area contributed by atoms with Crippen LogP contribution in [-0.4, -0.2) is 66.7 Å². The molecule has 2 aliphatic rings. The Labute approximate surface area is 192 Å². The molecule has 1 saturated carbocycles. The lowest BCUT2D eigenvalue weighted by molar-refractivity contribution is 0.0486. The number of piperidine rings is 1. The number of hydrogen-bond donors (Lipinski definition) is 0. The Morgan fingerprint density at radius 1 is 1.12 bits per heavy atom. The molecule has 9 heteroatoms. The van der Waals surface area contributed by atoms with Gasteiger partial charge in [0.15, 0.2) is 0 Å². The summed E-state index contributed by atoms with van der Waals surface area (Å²) in [6.07, 6.45) is 10.8. The zero-order valence-corrected chi connectivity index (χ0v) is 18.9. The van der Waals surface area contributed by atoms with E-state index in [-0.39, 0.29) is 18.5 Å². The van der Waals surface area contributed by atoms with Crippen LogP contribution in [0, 0.1) is 6.92 Å². The molecular weight excluding hydrogens is 421 g/mol. The molecule has 3 aromatic rings. The molecule has 2 fully saturated rings. The average molecular weight is 450 g/mol. The van der Waals surface area contributed by atoms with Gasteiger partial charge in [-0.2, -0.15) is 0 Å². The van der Waals surface area contributed by atoms with Crippen LogP contribution in [0.25, 0.3) is 5.82 Å². The Hall–Kier alpha value is -3.36. The molecule has 0 bridgehead atoms. The number of carbonyl (C=O) groups excluding carboxylic acids is 1. The zero-order chi connectivity index (χ0) is 22.9. The van der Waals surface area contributed by atoms with Crippen LogP contribution in [0.1, 0.15) is 47.9 Å². The van der Waals surface area contributed by atoms with Crippen LogP contribution in [0.15, 0.2) is 43.1 Å². The third-order valence-electron chi connectivity index (χ3n) is 6.49. The van der Waals surface area contributed by atoms with Gasteiger partial charge in [0.05, 0.1) is 18.2 Å². The van der Waals surface area contributed by atoms with E-state index in [4.69, 9.17) is 0 Å². The lowest BCUT2D eigenvalue weighted by Crippen LogP contribution is -2.55. The summed E-state index contributed by atoms with van der Waals surface area (Å²) in [7, 11) is 0. The van der Waals surface area contributed by atoms with Gasteiger partial charge in [0.2, 0.25) is 5.95 Å². The fourth-order valence-corrected chi connectivity index (χ4v) is 4.45. The first kappa shape index (κ1) is 21.5. The molecule has 1 saturated heterocycles. The fourth-order valence-electron chi connectivity index (χ4n) is 4.45. The molecule has 0 radical (unpaired) electrons. The number of hydrogen-bond acceptors (Lipinski definition) is 6. The van der Waals surface area contributed by atoms with E-state index in [1.807, 2.05) is 29.5 Å². The molecule has 0 spiro atoms. The van der Waals surface area contributed by atoms with Crippen molar-refractivity contribution in [1.29, 1.82) is 0 Å². The van der Waals surface area contributed by atoms with Gasteiger partial charge in [-0.25, -0.2) is 24.3 Å². The number of aryl methyl sites for hydroxylation is 2. The van der Waals surface area contributed by atoms with Crippen molar-refractivity contribution in [2.24, 2.45) is 0 Å². The average Bonchev–Trinajstić information content (AvgIpc) is 3.59. The topological polar surface area (TPSA) is 80.0 Å². The predicted octanol–water partition coefficient (Wildman–Crippen LogP) is 3.15. The monoisotopic (exact) mass is 449 g/mol. The maximum Gasteiger partial charge on any atom is 0.256 e. The number of imidazole rings is 1. The molecule has 2 atom stereocenters. The summed E-state index contributed by atoms with van der Waals surface area (Å²) >= 11 is 0. The highest BCUT2D eigenvalue weighted by Gasteiger charge is 2.43. The number of aromatic nitrogens is 5. The molecule has 4 heterocycles. The Morgan fingerprint density at radius 2 is 1.91 bits per heavy atom. The van der Waals surface area contributed by atoms with E-state index in [9.17, 15) is 4.79 Å². The Bertz CT molecular complexity index is 1110. The number of pyridine rings is 1. The first-order valence-electron chi connectivity index (χ1n) is 11.5. The Kier molecular flexibility index (Phi) is 5.78. The van der Waals surface area contributed by atoms with Gasteiger partial charge in [0, 0.05) is 43.6 Å². The Balaban J connectivity index is 1.30. The van der Waals surface area contributed by atoms with E-state index < -0.39 is 12.2 Å². The largest absolute Gasteiger partial charge is 0.338 e. The molecule has 1 amide bonds. The predicted molar refractivity (Wildman–Crippen MR) is 122 cm³/mol. The lowest BCUT2D eigenvalue weighted by Gasteiger charge is -2.41.